The van der Waals surface area contributed by atoms with E-state index in [0.717, 1.165) is 37.1 Å². The van der Waals surface area contributed by atoms with E-state index >= 15 is 0 Å². The lowest BCUT2D eigenvalue weighted by molar-refractivity contribution is 0.413. The molecule has 1 aromatic rings. The van der Waals surface area contributed by atoms with Crippen molar-refractivity contribution in [2.75, 3.05) is 25.5 Å². The van der Waals surface area contributed by atoms with Gasteiger partial charge in [0.2, 0.25) is 0 Å². The summed E-state index contributed by atoms with van der Waals surface area (Å²) in [6.07, 6.45) is 5.57. The van der Waals surface area contributed by atoms with Crippen LogP contribution < -0.4 is 15.4 Å². The van der Waals surface area contributed by atoms with Crippen molar-refractivity contribution in [1.82, 2.24) is 10.3 Å². The molecule has 16 heavy (non-hydrogen) atoms. The van der Waals surface area contributed by atoms with Crippen molar-refractivity contribution < 1.29 is 4.74 Å². The number of nitrogens with one attached hydrogen (secondary N) is 2. The van der Waals surface area contributed by atoms with E-state index in [0.29, 0.717) is 0 Å². The van der Waals surface area contributed by atoms with Gasteiger partial charge in [0.25, 0.3) is 0 Å². The van der Waals surface area contributed by atoms with Gasteiger partial charge in [-0.25, -0.2) is 4.98 Å². The molecule has 0 amide bonds. The zero-order chi connectivity index (χ0) is 11.2. The average molecular weight is 221 g/mol. The van der Waals surface area contributed by atoms with Gasteiger partial charge in [0.1, 0.15) is 11.6 Å². The van der Waals surface area contributed by atoms with Crippen LogP contribution in [0.25, 0.3) is 0 Å². The molecule has 2 N–H and O–H groups in total. The van der Waals surface area contributed by atoms with Crippen molar-refractivity contribution in [1.29, 1.82) is 0 Å². The maximum Gasteiger partial charge on any atom is 0.137 e. The van der Waals surface area contributed by atoms with E-state index < -0.39 is 0 Å². The summed E-state index contributed by atoms with van der Waals surface area (Å²) in [7, 11) is 1.65. The van der Waals surface area contributed by atoms with Crippen molar-refractivity contribution in [3.63, 3.8) is 0 Å². The van der Waals surface area contributed by atoms with Crippen LogP contribution >= 0.6 is 0 Å². The van der Waals surface area contributed by atoms with Crippen LogP contribution in [0.15, 0.2) is 18.3 Å². The molecule has 1 aliphatic rings. The Morgan fingerprint density at radius 3 is 2.88 bits per heavy atom. The van der Waals surface area contributed by atoms with Gasteiger partial charge in [-0.05, 0) is 37.9 Å². The molecule has 88 valence electrons. The fourth-order valence-electron chi connectivity index (χ4n) is 1.50. The number of anilines is 1. The molecule has 4 heteroatoms. The lowest BCUT2D eigenvalue weighted by Gasteiger charge is -2.06. The Hall–Kier alpha value is -1.29. The van der Waals surface area contributed by atoms with E-state index in [1.54, 1.807) is 13.3 Å². The largest absolute Gasteiger partial charge is 0.495 e. The van der Waals surface area contributed by atoms with Crippen molar-refractivity contribution in [2.24, 2.45) is 0 Å². The summed E-state index contributed by atoms with van der Waals surface area (Å²) in [4.78, 5) is 4.24. The molecule has 0 saturated heterocycles. The van der Waals surface area contributed by atoms with E-state index in [1.807, 2.05) is 12.1 Å². The Kier molecular flexibility index (Phi) is 3.99. The zero-order valence-corrected chi connectivity index (χ0v) is 9.70. The maximum atomic E-state index is 5.05. The third-order valence-corrected chi connectivity index (χ3v) is 2.64. The topological polar surface area (TPSA) is 46.2 Å². The summed E-state index contributed by atoms with van der Waals surface area (Å²) in [6.45, 7) is 2.05. The summed E-state index contributed by atoms with van der Waals surface area (Å²) in [5.74, 6) is 1.70. The van der Waals surface area contributed by atoms with Gasteiger partial charge in [0, 0.05) is 12.6 Å². The van der Waals surface area contributed by atoms with E-state index in [1.165, 1.54) is 12.8 Å². The number of hydrogen-bond donors (Lipinski definition) is 2. The molecular weight excluding hydrogens is 202 g/mol. The molecule has 1 aromatic heterocycles. The number of aromatic nitrogens is 1. The van der Waals surface area contributed by atoms with E-state index in [9.17, 15) is 0 Å². The molecule has 0 atom stereocenters. The molecule has 0 radical (unpaired) electrons. The molecule has 4 nitrogen and oxygen atoms in total. The van der Waals surface area contributed by atoms with Gasteiger partial charge >= 0.3 is 0 Å². The SMILES string of the molecule is COc1ccc(NCCCNC2CC2)nc1. The van der Waals surface area contributed by atoms with Crippen molar-refractivity contribution in [3.05, 3.63) is 18.3 Å². The molecule has 2 rings (SSSR count). The fourth-order valence-corrected chi connectivity index (χ4v) is 1.50. The summed E-state index contributed by atoms with van der Waals surface area (Å²) < 4.78 is 5.05. The van der Waals surface area contributed by atoms with Gasteiger partial charge < -0.3 is 15.4 Å². The van der Waals surface area contributed by atoms with Crippen LogP contribution in [-0.4, -0.2) is 31.2 Å². The molecule has 0 unspecified atom stereocenters. The van der Waals surface area contributed by atoms with Gasteiger partial charge in [0.15, 0.2) is 0 Å². The lowest BCUT2D eigenvalue weighted by Crippen LogP contribution is -2.20. The average Bonchev–Trinajstić information content (AvgIpc) is 3.13. The van der Waals surface area contributed by atoms with Gasteiger partial charge in [-0.1, -0.05) is 0 Å². The molecule has 0 aliphatic heterocycles. The Labute approximate surface area is 96.4 Å². The number of hydrogen-bond acceptors (Lipinski definition) is 4. The highest BCUT2D eigenvalue weighted by Gasteiger charge is 2.19. The second-order valence-corrected chi connectivity index (χ2v) is 4.09. The van der Waals surface area contributed by atoms with Crippen LogP contribution in [0.4, 0.5) is 5.82 Å². The second kappa shape index (κ2) is 5.70. The third-order valence-electron chi connectivity index (χ3n) is 2.64. The van der Waals surface area contributed by atoms with Crippen LogP contribution in [-0.2, 0) is 0 Å². The number of pyridine rings is 1. The standard InChI is InChI=1S/C12H19N3O/c1-16-11-5-6-12(15-9-11)14-8-2-7-13-10-3-4-10/h5-6,9-10,13H,2-4,7-8H2,1H3,(H,14,15). The van der Waals surface area contributed by atoms with E-state index in [4.69, 9.17) is 4.74 Å². The predicted octanol–water partition coefficient (Wildman–Crippen LogP) is 1.64. The molecule has 1 aliphatic carbocycles. The van der Waals surface area contributed by atoms with Crippen molar-refractivity contribution in [2.45, 2.75) is 25.3 Å². The van der Waals surface area contributed by atoms with E-state index in [2.05, 4.69) is 15.6 Å². The molecule has 1 fully saturated rings. The first-order valence-corrected chi connectivity index (χ1v) is 5.86. The first-order chi connectivity index (χ1) is 7.88. The van der Waals surface area contributed by atoms with Crippen molar-refractivity contribution in [3.8, 4) is 5.75 Å². The van der Waals surface area contributed by atoms with E-state index in [-0.39, 0.29) is 0 Å². The molecule has 1 heterocycles. The summed E-state index contributed by atoms with van der Waals surface area (Å²) in [5, 5.41) is 6.76. The number of nitrogens with zero attached hydrogens (tertiary/aromatic N) is 1. The van der Waals surface area contributed by atoms with Gasteiger partial charge in [-0.2, -0.15) is 0 Å². The quantitative estimate of drug-likeness (QED) is 0.687. The Balaban J connectivity index is 1.60. The third kappa shape index (κ3) is 3.70. The number of methoxy groups -OCH3 is 1. The second-order valence-electron chi connectivity index (χ2n) is 4.09. The highest BCUT2D eigenvalue weighted by molar-refractivity contribution is 5.37. The Morgan fingerprint density at radius 2 is 2.25 bits per heavy atom. The number of rotatable bonds is 7. The Bertz CT molecular complexity index is 309. The molecule has 0 spiro atoms. The maximum absolute atomic E-state index is 5.05. The van der Waals surface area contributed by atoms with Crippen LogP contribution in [0.5, 0.6) is 5.75 Å². The highest BCUT2D eigenvalue weighted by Crippen LogP contribution is 2.18. The minimum atomic E-state index is 0.793. The fraction of sp³-hybridized carbons (Fsp3) is 0.583. The minimum Gasteiger partial charge on any atom is -0.495 e. The minimum absolute atomic E-state index is 0.793. The van der Waals surface area contributed by atoms with Crippen molar-refractivity contribution >= 4 is 5.82 Å². The zero-order valence-electron chi connectivity index (χ0n) is 9.70. The monoisotopic (exact) mass is 221 g/mol. The van der Waals surface area contributed by atoms with Crippen LogP contribution in [0.1, 0.15) is 19.3 Å². The predicted molar refractivity (Wildman–Crippen MR) is 64.9 cm³/mol. The summed E-state index contributed by atoms with van der Waals surface area (Å²) >= 11 is 0. The summed E-state index contributed by atoms with van der Waals surface area (Å²) in [6, 6.07) is 4.66. The molecular formula is C12H19N3O. The molecule has 0 bridgehead atoms. The lowest BCUT2D eigenvalue weighted by atomic mass is 10.4. The highest BCUT2D eigenvalue weighted by atomic mass is 16.5. The number of ether oxygens (including phenoxy) is 1. The molecule has 1 saturated carbocycles. The molecule has 0 aromatic carbocycles. The normalized spacial score (nSPS) is 14.8. The van der Waals surface area contributed by atoms with Gasteiger partial charge in [-0.3, -0.25) is 0 Å². The smallest absolute Gasteiger partial charge is 0.137 e. The van der Waals surface area contributed by atoms with Gasteiger partial charge in [-0.15, -0.1) is 0 Å². The van der Waals surface area contributed by atoms with Crippen LogP contribution in [0.3, 0.4) is 0 Å². The summed E-state index contributed by atoms with van der Waals surface area (Å²) in [5.41, 5.74) is 0. The van der Waals surface area contributed by atoms with Crippen LogP contribution in [0, 0.1) is 0 Å². The van der Waals surface area contributed by atoms with Crippen LogP contribution in [0.2, 0.25) is 0 Å². The Morgan fingerprint density at radius 1 is 1.38 bits per heavy atom. The first kappa shape index (κ1) is 11.2. The van der Waals surface area contributed by atoms with Gasteiger partial charge in [0.05, 0.1) is 13.3 Å². The first-order valence-electron chi connectivity index (χ1n) is 5.86.